The maximum absolute atomic E-state index is 13.7. The van der Waals surface area contributed by atoms with Crippen molar-refractivity contribution in [3.63, 3.8) is 0 Å². The fourth-order valence-electron chi connectivity index (χ4n) is 3.90. The van der Waals surface area contributed by atoms with E-state index in [4.69, 9.17) is 11.6 Å². The summed E-state index contributed by atoms with van der Waals surface area (Å²) in [4.78, 5) is 28.2. The van der Waals surface area contributed by atoms with E-state index in [-0.39, 0.29) is 24.2 Å². The van der Waals surface area contributed by atoms with Crippen LogP contribution in [-0.4, -0.2) is 29.3 Å². The summed E-state index contributed by atoms with van der Waals surface area (Å²) in [5, 5.41) is 3.53. The normalized spacial score (nSPS) is 11.8. The van der Waals surface area contributed by atoms with Gasteiger partial charge in [-0.1, -0.05) is 91.3 Å². The number of rotatable bonds is 10. The van der Waals surface area contributed by atoms with E-state index in [9.17, 15) is 9.59 Å². The molecule has 0 aliphatic rings. The summed E-state index contributed by atoms with van der Waals surface area (Å²) in [6, 6.07) is 26.9. The Morgan fingerprint density at radius 1 is 0.909 bits per heavy atom. The minimum absolute atomic E-state index is 0.0770. The summed E-state index contributed by atoms with van der Waals surface area (Å²) in [5.74, 6) is -0.331. The van der Waals surface area contributed by atoms with Gasteiger partial charge in [0, 0.05) is 30.5 Å². The zero-order chi connectivity index (χ0) is 23.6. The van der Waals surface area contributed by atoms with Crippen LogP contribution in [0.15, 0.2) is 84.9 Å². The zero-order valence-electron chi connectivity index (χ0n) is 19.2. The third-order valence-corrected chi connectivity index (χ3v) is 5.98. The fraction of sp³-hybridized carbons (Fsp3) is 0.286. The number of amides is 2. The molecule has 0 aliphatic heterocycles. The minimum atomic E-state index is -0.602. The third-order valence-electron chi connectivity index (χ3n) is 5.74. The summed E-state index contributed by atoms with van der Waals surface area (Å²) in [5.41, 5.74) is 3.03. The Bertz CT molecular complexity index is 1000. The average molecular weight is 463 g/mol. The number of benzene rings is 3. The summed E-state index contributed by atoms with van der Waals surface area (Å²) < 4.78 is 0. The first-order chi connectivity index (χ1) is 16.0. The lowest BCUT2D eigenvalue weighted by Crippen LogP contribution is -2.48. The molecule has 0 aromatic heterocycles. The third kappa shape index (κ3) is 6.93. The molecule has 33 heavy (non-hydrogen) atoms. The lowest BCUT2D eigenvalue weighted by Gasteiger charge is -2.30. The molecule has 172 valence electrons. The highest BCUT2D eigenvalue weighted by Crippen LogP contribution is 2.29. The van der Waals surface area contributed by atoms with E-state index >= 15 is 0 Å². The van der Waals surface area contributed by atoms with E-state index in [1.54, 1.807) is 17.9 Å². The first kappa shape index (κ1) is 24.5. The maximum Gasteiger partial charge on any atom is 0.242 e. The molecule has 0 bridgehead atoms. The van der Waals surface area contributed by atoms with Crippen molar-refractivity contribution in [2.24, 2.45) is 0 Å². The molecule has 0 radical (unpaired) electrons. The molecule has 2 amide bonds. The Morgan fingerprint density at radius 3 is 2.06 bits per heavy atom. The Kier molecular flexibility index (Phi) is 9.08. The second-order valence-corrected chi connectivity index (χ2v) is 8.63. The van der Waals surface area contributed by atoms with Crippen molar-refractivity contribution >= 4 is 23.4 Å². The predicted octanol–water partition coefficient (Wildman–Crippen LogP) is 5.81. The molecule has 4 nitrogen and oxygen atoms in total. The van der Waals surface area contributed by atoms with Crippen LogP contribution in [0.3, 0.4) is 0 Å². The summed E-state index contributed by atoms with van der Waals surface area (Å²) >= 11 is 6.18. The van der Waals surface area contributed by atoms with Gasteiger partial charge in [0.1, 0.15) is 6.04 Å². The van der Waals surface area contributed by atoms with Crippen LogP contribution >= 0.6 is 11.6 Å². The SMILES string of the molecule is CCCNC(=O)C(C)N(Cc1cccc(Cl)c1)C(=O)CC(c1ccccc1)c1ccccc1. The van der Waals surface area contributed by atoms with Crippen molar-refractivity contribution in [3.05, 3.63) is 107 Å². The lowest BCUT2D eigenvalue weighted by molar-refractivity contribution is -0.140. The molecule has 0 saturated heterocycles. The first-order valence-corrected chi connectivity index (χ1v) is 11.8. The molecule has 1 N–H and O–H groups in total. The van der Waals surface area contributed by atoms with Crippen molar-refractivity contribution in [1.29, 1.82) is 0 Å². The monoisotopic (exact) mass is 462 g/mol. The van der Waals surface area contributed by atoms with Gasteiger partial charge in [-0.05, 0) is 42.2 Å². The van der Waals surface area contributed by atoms with Crippen LogP contribution in [-0.2, 0) is 16.1 Å². The van der Waals surface area contributed by atoms with E-state index in [1.807, 2.05) is 85.8 Å². The van der Waals surface area contributed by atoms with E-state index in [1.165, 1.54) is 0 Å². The van der Waals surface area contributed by atoms with Crippen molar-refractivity contribution in [2.45, 2.75) is 45.2 Å². The number of nitrogens with zero attached hydrogens (tertiary/aromatic N) is 1. The standard InChI is InChI=1S/C28H31ClN2O2/c1-3-17-30-28(33)21(2)31(20-22-11-10-16-25(29)18-22)27(32)19-26(23-12-6-4-7-13-23)24-14-8-5-9-15-24/h4-16,18,21,26H,3,17,19-20H2,1-2H3,(H,30,33). The van der Waals surface area contributed by atoms with Gasteiger partial charge in [0.2, 0.25) is 11.8 Å². The van der Waals surface area contributed by atoms with Crippen molar-refractivity contribution in [2.75, 3.05) is 6.54 Å². The molecule has 0 spiro atoms. The molecule has 1 atom stereocenters. The summed E-state index contributed by atoms with van der Waals surface area (Å²) in [6.45, 7) is 4.69. The van der Waals surface area contributed by atoms with Crippen LogP contribution in [0.5, 0.6) is 0 Å². The molecule has 5 heteroatoms. The Morgan fingerprint density at radius 2 is 1.52 bits per heavy atom. The summed E-state index contributed by atoms with van der Waals surface area (Å²) in [7, 11) is 0. The van der Waals surface area contributed by atoms with E-state index in [2.05, 4.69) is 5.32 Å². The van der Waals surface area contributed by atoms with Gasteiger partial charge >= 0.3 is 0 Å². The summed E-state index contributed by atoms with van der Waals surface area (Å²) in [6.07, 6.45) is 1.10. The van der Waals surface area contributed by atoms with Crippen molar-refractivity contribution < 1.29 is 9.59 Å². The number of halogens is 1. The Hall–Kier alpha value is -3.11. The molecule has 3 aromatic carbocycles. The molecule has 0 fully saturated rings. The minimum Gasteiger partial charge on any atom is -0.354 e. The first-order valence-electron chi connectivity index (χ1n) is 11.4. The van der Waals surface area contributed by atoms with Gasteiger partial charge in [-0.2, -0.15) is 0 Å². The Balaban J connectivity index is 1.90. The van der Waals surface area contributed by atoms with Crippen LogP contribution < -0.4 is 5.32 Å². The van der Waals surface area contributed by atoms with E-state index < -0.39 is 6.04 Å². The molecule has 0 aliphatic carbocycles. The van der Waals surface area contributed by atoms with Crippen LogP contribution in [0.1, 0.15) is 49.3 Å². The molecule has 3 rings (SSSR count). The van der Waals surface area contributed by atoms with Gasteiger partial charge < -0.3 is 10.2 Å². The molecule has 3 aromatic rings. The molecular formula is C28H31ClN2O2. The molecule has 1 unspecified atom stereocenters. The number of carbonyl (C=O) groups excluding carboxylic acids is 2. The van der Waals surface area contributed by atoms with Gasteiger partial charge in [-0.3, -0.25) is 9.59 Å². The quantitative estimate of drug-likeness (QED) is 0.413. The zero-order valence-corrected chi connectivity index (χ0v) is 20.0. The van der Waals surface area contributed by atoms with Crippen LogP contribution in [0.25, 0.3) is 0 Å². The number of carbonyl (C=O) groups is 2. The largest absolute Gasteiger partial charge is 0.354 e. The number of nitrogens with one attached hydrogen (secondary N) is 1. The smallest absolute Gasteiger partial charge is 0.242 e. The van der Waals surface area contributed by atoms with Crippen LogP contribution in [0.2, 0.25) is 5.02 Å². The number of hydrogen-bond acceptors (Lipinski definition) is 2. The second-order valence-electron chi connectivity index (χ2n) is 8.20. The topological polar surface area (TPSA) is 49.4 Å². The highest BCUT2D eigenvalue weighted by molar-refractivity contribution is 6.30. The van der Waals surface area contributed by atoms with Crippen molar-refractivity contribution in [1.82, 2.24) is 10.2 Å². The van der Waals surface area contributed by atoms with Gasteiger partial charge in [0.15, 0.2) is 0 Å². The molecule has 0 heterocycles. The molecular weight excluding hydrogens is 432 g/mol. The fourth-order valence-corrected chi connectivity index (χ4v) is 4.11. The highest BCUT2D eigenvalue weighted by Gasteiger charge is 2.29. The lowest BCUT2D eigenvalue weighted by atomic mass is 9.88. The van der Waals surface area contributed by atoms with E-state index in [0.29, 0.717) is 18.1 Å². The highest BCUT2D eigenvalue weighted by atomic mass is 35.5. The van der Waals surface area contributed by atoms with Crippen LogP contribution in [0, 0.1) is 0 Å². The van der Waals surface area contributed by atoms with Gasteiger partial charge in [-0.25, -0.2) is 0 Å². The van der Waals surface area contributed by atoms with Gasteiger partial charge in [-0.15, -0.1) is 0 Å². The van der Waals surface area contributed by atoms with Crippen LogP contribution in [0.4, 0.5) is 0 Å². The van der Waals surface area contributed by atoms with E-state index in [0.717, 1.165) is 23.1 Å². The predicted molar refractivity (Wildman–Crippen MR) is 134 cm³/mol. The maximum atomic E-state index is 13.7. The van der Waals surface area contributed by atoms with Gasteiger partial charge in [0.25, 0.3) is 0 Å². The Labute approximate surface area is 201 Å². The molecule has 0 saturated carbocycles. The van der Waals surface area contributed by atoms with Gasteiger partial charge in [0.05, 0.1) is 0 Å². The second kappa shape index (κ2) is 12.2. The van der Waals surface area contributed by atoms with Crippen molar-refractivity contribution in [3.8, 4) is 0 Å². The number of hydrogen-bond donors (Lipinski definition) is 1. The average Bonchev–Trinajstić information content (AvgIpc) is 2.85.